The monoisotopic (exact) mass is 321 g/mol. The first kappa shape index (κ1) is 14.7. The standard InChI is InChI=1S/C18H15N3O3/c1-18-15(22)8-9-20(18)17(24)21(16(18)23)14-7-6-11(10-19)12-4-2-3-5-13(12)14/h2-7,15,22H,8-9H2,1H3/t15-,18+/m0/s1. The molecule has 2 aromatic carbocycles. The van der Waals surface area contributed by atoms with Gasteiger partial charge in [-0.1, -0.05) is 24.3 Å². The Morgan fingerprint density at radius 1 is 1.21 bits per heavy atom. The molecular weight excluding hydrogens is 306 g/mol. The van der Waals surface area contributed by atoms with Gasteiger partial charge < -0.3 is 10.0 Å². The number of imide groups is 1. The minimum absolute atomic E-state index is 0.354. The van der Waals surface area contributed by atoms with E-state index in [1.807, 2.05) is 6.07 Å². The highest BCUT2D eigenvalue weighted by Gasteiger charge is 2.61. The lowest BCUT2D eigenvalue weighted by molar-refractivity contribution is -0.126. The number of amides is 3. The number of aliphatic hydroxyl groups is 1. The summed E-state index contributed by atoms with van der Waals surface area (Å²) in [5.41, 5.74) is -0.283. The molecule has 3 amide bonds. The predicted octanol–water partition coefficient (Wildman–Crippen LogP) is 2.00. The lowest BCUT2D eigenvalue weighted by Gasteiger charge is -2.26. The van der Waals surface area contributed by atoms with Crippen LogP contribution < -0.4 is 4.90 Å². The number of hydrogen-bond donors (Lipinski definition) is 1. The van der Waals surface area contributed by atoms with Gasteiger partial charge in [0.25, 0.3) is 5.91 Å². The first-order valence-corrected chi connectivity index (χ1v) is 7.76. The van der Waals surface area contributed by atoms with E-state index in [4.69, 9.17) is 0 Å². The summed E-state index contributed by atoms with van der Waals surface area (Å²) in [4.78, 5) is 28.3. The number of benzene rings is 2. The molecule has 2 atom stereocenters. The van der Waals surface area contributed by atoms with Gasteiger partial charge in [0.1, 0.15) is 5.54 Å². The molecule has 0 unspecified atom stereocenters. The van der Waals surface area contributed by atoms with Crippen molar-refractivity contribution in [2.75, 3.05) is 11.4 Å². The minimum Gasteiger partial charge on any atom is -0.390 e. The van der Waals surface area contributed by atoms with Gasteiger partial charge in [-0.2, -0.15) is 5.26 Å². The fourth-order valence-electron chi connectivity index (χ4n) is 3.72. The molecule has 6 nitrogen and oxygen atoms in total. The number of carbonyl (C=O) groups excluding carboxylic acids is 2. The van der Waals surface area contributed by atoms with Gasteiger partial charge in [0.05, 0.1) is 23.4 Å². The third-order valence-electron chi connectivity index (χ3n) is 5.16. The maximum atomic E-state index is 13.0. The average molecular weight is 321 g/mol. The van der Waals surface area contributed by atoms with Crippen molar-refractivity contribution < 1.29 is 14.7 Å². The van der Waals surface area contributed by atoms with Crippen molar-refractivity contribution in [2.24, 2.45) is 0 Å². The Morgan fingerprint density at radius 3 is 2.58 bits per heavy atom. The summed E-state index contributed by atoms with van der Waals surface area (Å²) in [6.45, 7) is 1.96. The third kappa shape index (κ3) is 1.62. The minimum atomic E-state index is -1.22. The lowest BCUT2D eigenvalue weighted by atomic mass is 9.95. The van der Waals surface area contributed by atoms with Gasteiger partial charge in [-0.15, -0.1) is 0 Å². The van der Waals surface area contributed by atoms with E-state index in [0.717, 1.165) is 4.90 Å². The van der Waals surface area contributed by atoms with Gasteiger partial charge >= 0.3 is 6.03 Å². The topological polar surface area (TPSA) is 84.6 Å². The number of fused-ring (bicyclic) bond motifs is 2. The summed E-state index contributed by atoms with van der Waals surface area (Å²) in [7, 11) is 0. The molecule has 0 aromatic heterocycles. The highest BCUT2D eigenvalue weighted by Crippen LogP contribution is 2.41. The molecule has 1 N–H and O–H groups in total. The molecule has 24 heavy (non-hydrogen) atoms. The second-order valence-electron chi connectivity index (χ2n) is 6.32. The summed E-state index contributed by atoms with van der Waals surface area (Å²) in [6.07, 6.45) is -0.473. The van der Waals surface area contributed by atoms with Gasteiger partial charge in [0.15, 0.2) is 0 Å². The normalized spacial score (nSPS) is 26.1. The van der Waals surface area contributed by atoms with Gasteiger partial charge in [-0.05, 0) is 25.5 Å². The Morgan fingerprint density at radius 2 is 1.92 bits per heavy atom. The first-order valence-electron chi connectivity index (χ1n) is 7.76. The third-order valence-corrected chi connectivity index (χ3v) is 5.16. The van der Waals surface area contributed by atoms with Crippen molar-refractivity contribution in [3.63, 3.8) is 0 Å². The van der Waals surface area contributed by atoms with Crippen LogP contribution in [0.25, 0.3) is 10.8 Å². The molecule has 2 aliphatic rings. The van der Waals surface area contributed by atoms with E-state index < -0.39 is 23.6 Å². The number of nitrogens with zero attached hydrogens (tertiary/aromatic N) is 3. The van der Waals surface area contributed by atoms with E-state index in [1.165, 1.54) is 4.90 Å². The SMILES string of the molecule is C[C@@]12C(=O)N(c3ccc(C#N)c4ccccc34)C(=O)N1CC[C@@H]2O. The Kier molecular flexibility index (Phi) is 2.93. The van der Waals surface area contributed by atoms with Crippen LogP contribution in [0.2, 0.25) is 0 Å². The molecule has 0 spiro atoms. The second-order valence-corrected chi connectivity index (χ2v) is 6.32. The van der Waals surface area contributed by atoms with E-state index in [9.17, 15) is 20.0 Å². The zero-order valence-corrected chi connectivity index (χ0v) is 13.1. The lowest BCUT2D eigenvalue weighted by Crippen LogP contribution is -2.49. The highest BCUT2D eigenvalue weighted by molar-refractivity contribution is 6.26. The smallest absolute Gasteiger partial charge is 0.332 e. The maximum Gasteiger partial charge on any atom is 0.332 e. The van der Waals surface area contributed by atoms with Crippen LogP contribution in [0.15, 0.2) is 36.4 Å². The Hall–Kier alpha value is -2.91. The molecule has 0 bridgehead atoms. The average Bonchev–Trinajstić information content (AvgIpc) is 3.00. The molecule has 0 saturated carbocycles. The Balaban J connectivity index is 1.92. The number of carbonyl (C=O) groups is 2. The van der Waals surface area contributed by atoms with E-state index in [2.05, 4.69) is 6.07 Å². The van der Waals surface area contributed by atoms with Gasteiger partial charge in [0.2, 0.25) is 0 Å². The molecule has 120 valence electrons. The van der Waals surface area contributed by atoms with Crippen molar-refractivity contribution >= 4 is 28.4 Å². The summed E-state index contributed by atoms with van der Waals surface area (Å²) >= 11 is 0. The van der Waals surface area contributed by atoms with Crippen LogP contribution in [0.3, 0.4) is 0 Å². The van der Waals surface area contributed by atoms with Crippen molar-refractivity contribution in [3.8, 4) is 6.07 Å². The molecular formula is C18H15N3O3. The van der Waals surface area contributed by atoms with Gasteiger partial charge in [0, 0.05) is 17.3 Å². The number of anilines is 1. The van der Waals surface area contributed by atoms with E-state index >= 15 is 0 Å². The molecule has 2 aromatic rings. The van der Waals surface area contributed by atoms with Crippen LogP contribution in [-0.2, 0) is 4.79 Å². The molecule has 2 heterocycles. The number of rotatable bonds is 1. The number of aliphatic hydroxyl groups excluding tert-OH is 1. The van der Waals surface area contributed by atoms with E-state index in [1.54, 1.807) is 37.3 Å². The zero-order valence-electron chi connectivity index (χ0n) is 13.1. The fourth-order valence-corrected chi connectivity index (χ4v) is 3.72. The summed E-state index contributed by atoms with van der Waals surface area (Å²) < 4.78 is 0. The zero-order chi connectivity index (χ0) is 17.1. The van der Waals surface area contributed by atoms with E-state index in [-0.39, 0.29) is 0 Å². The Labute approximate surface area is 138 Å². The van der Waals surface area contributed by atoms with Crippen molar-refractivity contribution in [1.29, 1.82) is 5.26 Å². The van der Waals surface area contributed by atoms with Crippen molar-refractivity contribution in [1.82, 2.24) is 4.90 Å². The van der Waals surface area contributed by atoms with Crippen LogP contribution >= 0.6 is 0 Å². The molecule has 0 radical (unpaired) electrons. The largest absolute Gasteiger partial charge is 0.390 e. The van der Waals surface area contributed by atoms with Crippen LogP contribution in [0.4, 0.5) is 10.5 Å². The van der Waals surface area contributed by atoms with Crippen LogP contribution in [0.5, 0.6) is 0 Å². The number of nitriles is 1. The fraction of sp³-hybridized carbons (Fsp3) is 0.278. The van der Waals surface area contributed by atoms with Crippen LogP contribution in [0, 0.1) is 11.3 Å². The molecule has 4 rings (SSSR count). The molecule has 2 aliphatic heterocycles. The van der Waals surface area contributed by atoms with Crippen LogP contribution in [0.1, 0.15) is 18.9 Å². The molecule has 2 fully saturated rings. The highest BCUT2D eigenvalue weighted by atomic mass is 16.3. The van der Waals surface area contributed by atoms with Gasteiger partial charge in [-0.25, -0.2) is 9.69 Å². The molecule has 0 aliphatic carbocycles. The summed E-state index contributed by atoms with van der Waals surface area (Å²) in [5.74, 6) is -0.424. The van der Waals surface area contributed by atoms with Crippen LogP contribution in [-0.4, -0.2) is 40.1 Å². The maximum absolute atomic E-state index is 13.0. The summed E-state index contributed by atoms with van der Waals surface area (Å²) in [6, 6.07) is 12.1. The quantitative estimate of drug-likeness (QED) is 0.814. The van der Waals surface area contributed by atoms with Crippen molar-refractivity contribution in [2.45, 2.75) is 25.0 Å². The number of hydrogen-bond acceptors (Lipinski definition) is 4. The van der Waals surface area contributed by atoms with E-state index in [0.29, 0.717) is 35.0 Å². The second kappa shape index (κ2) is 4.79. The van der Waals surface area contributed by atoms with Crippen molar-refractivity contribution in [3.05, 3.63) is 42.0 Å². The predicted molar refractivity (Wildman–Crippen MR) is 87.3 cm³/mol. The molecule has 6 heteroatoms. The van der Waals surface area contributed by atoms with Gasteiger partial charge in [-0.3, -0.25) is 4.79 Å². The first-order chi connectivity index (χ1) is 11.5. The summed E-state index contributed by atoms with van der Waals surface area (Å²) in [5, 5.41) is 20.8. The molecule has 2 saturated heterocycles. The Bertz CT molecular complexity index is 933. The number of urea groups is 1.